The van der Waals surface area contributed by atoms with Crippen LogP contribution >= 0.6 is 0 Å². The first-order valence-corrected chi connectivity index (χ1v) is 19.4. The Labute approximate surface area is 274 Å². The van der Waals surface area contributed by atoms with Gasteiger partial charge >= 0.3 is 11.9 Å². The Balaban J connectivity index is 3.12. The van der Waals surface area contributed by atoms with E-state index in [0.29, 0.717) is 6.61 Å². The molecule has 4 nitrogen and oxygen atoms in total. The van der Waals surface area contributed by atoms with Crippen molar-refractivity contribution in [3.05, 3.63) is 24.3 Å². The van der Waals surface area contributed by atoms with Gasteiger partial charge in [0.15, 0.2) is 0 Å². The number of carbonyl (C=O) groups excluding carboxylic acids is 1. The van der Waals surface area contributed by atoms with Gasteiger partial charge in [-0.15, -0.1) is 0 Å². The molecule has 258 valence electrons. The predicted octanol–water partition coefficient (Wildman–Crippen LogP) is 13.2. The number of rotatable bonds is 36. The lowest BCUT2D eigenvalue weighted by Crippen LogP contribution is -2.03. The summed E-state index contributed by atoms with van der Waals surface area (Å²) in [5.41, 5.74) is 0. The summed E-state index contributed by atoms with van der Waals surface area (Å²) in [6.07, 6.45) is 50.3. The van der Waals surface area contributed by atoms with Crippen LogP contribution < -0.4 is 0 Å². The molecule has 0 atom stereocenters. The van der Waals surface area contributed by atoms with Gasteiger partial charge < -0.3 is 9.84 Å². The molecule has 0 aliphatic carbocycles. The quantitative estimate of drug-likeness (QED) is 0.0328. The molecule has 0 saturated heterocycles. The van der Waals surface area contributed by atoms with Crippen LogP contribution in [0.15, 0.2) is 24.3 Å². The van der Waals surface area contributed by atoms with Crippen molar-refractivity contribution in [2.75, 3.05) is 6.61 Å². The Morgan fingerprint density at radius 2 is 0.727 bits per heavy atom. The summed E-state index contributed by atoms with van der Waals surface area (Å²) in [6, 6.07) is 0. The van der Waals surface area contributed by atoms with Crippen molar-refractivity contribution in [2.45, 2.75) is 212 Å². The SMILES string of the molecule is CCCCCCCC/C=C\CCCCCCCCCCCCCCCCCCCCCCCCCCOC(=O)/C=C\C(=O)O. The number of aliphatic carboxylic acids is 1. The zero-order valence-electron chi connectivity index (χ0n) is 29.3. The fourth-order valence-corrected chi connectivity index (χ4v) is 5.89. The van der Waals surface area contributed by atoms with E-state index < -0.39 is 11.9 Å². The number of hydrogen-bond acceptors (Lipinski definition) is 3. The van der Waals surface area contributed by atoms with Gasteiger partial charge in [-0.3, -0.25) is 0 Å². The largest absolute Gasteiger partial charge is 0.478 e. The fourth-order valence-electron chi connectivity index (χ4n) is 5.89. The summed E-state index contributed by atoms with van der Waals surface area (Å²) >= 11 is 0. The lowest BCUT2D eigenvalue weighted by molar-refractivity contribution is -0.138. The second kappa shape index (κ2) is 37.6. The minimum atomic E-state index is -1.13. The van der Waals surface area contributed by atoms with Crippen molar-refractivity contribution in [1.29, 1.82) is 0 Å². The molecule has 0 fully saturated rings. The Hall–Kier alpha value is -1.58. The molecule has 0 aromatic rings. The minimum Gasteiger partial charge on any atom is -0.478 e. The summed E-state index contributed by atoms with van der Waals surface area (Å²) in [7, 11) is 0. The monoisotopic (exact) mass is 619 g/mol. The molecule has 0 aliphatic rings. The highest BCUT2D eigenvalue weighted by Gasteiger charge is 1.99. The zero-order chi connectivity index (χ0) is 32.0. The summed E-state index contributed by atoms with van der Waals surface area (Å²) in [5.74, 6) is -1.70. The van der Waals surface area contributed by atoms with Gasteiger partial charge in [-0.25, -0.2) is 9.59 Å². The minimum absolute atomic E-state index is 0.376. The molecular formula is C40H74O4. The lowest BCUT2D eigenvalue weighted by atomic mass is 10.0. The van der Waals surface area contributed by atoms with Crippen LogP contribution in [0.2, 0.25) is 0 Å². The number of ether oxygens (including phenoxy) is 1. The highest BCUT2D eigenvalue weighted by atomic mass is 16.5. The second-order valence-electron chi connectivity index (χ2n) is 13.1. The Kier molecular flexibility index (Phi) is 36.3. The van der Waals surface area contributed by atoms with E-state index in [-0.39, 0.29) is 0 Å². The van der Waals surface area contributed by atoms with Crippen LogP contribution in [0, 0.1) is 0 Å². The maximum Gasteiger partial charge on any atom is 0.331 e. The highest BCUT2D eigenvalue weighted by Crippen LogP contribution is 2.16. The predicted molar refractivity (Wildman–Crippen MR) is 190 cm³/mol. The van der Waals surface area contributed by atoms with Gasteiger partial charge in [0.1, 0.15) is 0 Å². The molecule has 0 amide bonds. The molecule has 0 spiro atoms. The third-order valence-electron chi connectivity index (χ3n) is 8.76. The molecule has 0 radical (unpaired) electrons. The lowest BCUT2D eigenvalue weighted by Gasteiger charge is -2.04. The molecule has 0 saturated carbocycles. The van der Waals surface area contributed by atoms with Gasteiger partial charge in [-0.05, 0) is 32.1 Å². The van der Waals surface area contributed by atoms with E-state index in [1.54, 1.807) is 0 Å². The van der Waals surface area contributed by atoms with Gasteiger partial charge in [0.2, 0.25) is 0 Å². The van der Waals surface area contributed by atoms with E-state index in [9.17, 15) is 9.59 Å². The van der Waals surface area contributed by atoms with Crippen LogP contribution in [0.1, 0.15) is 212 Å². The van der Waals surface area contributed by atoms with Crippen molar-refractivity contribution < 1.29 is 19.4 Å². The van der Waals surface area contributed by atoms with Crippen molar-refractivity contribution in [2.24, 2.45) is 0 Å². The molecule has 1 N–H and O–H groups in total. The molecule has 0 aliphatic heterocycles. The molecular weight excluding hydrogens is 544 g/mol. The van der Waals surface area contributed by atoms with E-state index in [1.165, 1.54) is 193 Å². The number of allylic oxidation sites excluding steroid dienone is 2. The van der Waals surface area contributed by atoms with Crippen molar-refractivity contribution >= 4 is 11.9 Å². The van der Waals surface area contributed by atoms with Gasteiger partial charge in [0.25, 0.3) is 0 Å². The molecule has 0 aromatic carbocycles. The average molecular weight is 619 g/mol. The van der Waals surface area contributed by atoms with Crippen LogP contribution in [0.25, 0.3) is 0 Å². The molecule has 0 heterocycles. The number of carbonyl (C=O) groups is 2. The van der Waals surface area contributed by atoms with E-state index in [0.717, 1.165) is 25.0 Å². The first-order chi connectivity index (χ1) is 21.7. The molecule has 44 heavy (non-hydrogen) atoms. The standard InChI is InChI=1S/C40H74O4/c1-2-3-4-5-6-7-8-9-10-11-12-13-14-15-16-17-18-19-20-21-22-23-24-25-26-27-28-29-30-31-32-33-34-35-38-44-40(43)37-36-39(41)42/h9-10,36-37H,2-8,11-35,38H2,1H3,(H,41,42)/b10-9-,37-36-. The molecule has 0 rings (SSSR count). The summed E-state index contributed by atoms with van der Waals surface area (Å²) in [6.45, 7) is 2.66. The average Bonchev–Trinajstić information content (AvgIpc) is 3.02. The van der Waals surface area contributed by atoms with E-state index in [4.69, 9.17) is 9.84 Å². The van der Waals surface area contributed by atoms with Crippen LogP contribution in [-0.4, -0.2) is 23.7 Å². The third kappa shape index (κ3) is 38.4. The van der Waals surface area contributed by atoms with Crippen LogP contribution in [-0.2, 0) is 14.3 Å². The second-order valence-corrected chi connectivity index (χ2v) is 13.1. The first kappa shape index (κ1) is 42.4. The fraction of sp³-hybridized carbons (Fsp3) is 0.850. The maximum absolute atomic E-state index is 11.3. The number of esters is 1. The van der Waals surface area contributed by atoms with Gasteiger partial charge in [-0.2, -0.15) is 0 Å². The van der Waals surface area contributed by atoms with Crippen LogP contribution in [0.3, 0.4) is 0 Å². The number of carboxylic acids is 1. The summed E-state index contributed by atoms with van der Waals surface area (Å²) in [4.78, 5) is 21.6. The van der Waals surface area contributed by atoms with E-state index in [1.807, 2.05) is 0 Å². The highest BCUT2D eigenvalue weighted by molar-refractivity contribution is 5.90. The normalized spacial score (nSPS) is 11.7. The topological polar surface area (TPSA) is 63.6 Å². The molecule has 0 unspecified atom stereocenters. The van der Waals surface area contributed by atoms with Crippen LogP contribution in [0.5, 0.6) is 0 Å². The van der Waals surface area contributed by atoms with Crippen molar-refractivity contribution in [3.8, 4) is 0 Å². The first-order valence-electron chi connectivity index (χ1n) is 19.4. The molecule has 4 heteroatoms. The van der Waals surface area contributed by atoms with Gasteiger partial charge in [-0.1, -0.05) is 192 Å². The Bertz CT molecular complexity index is 654. The van der Waals surface area contributed by atoms with E-state index in [2.05, 4.69) is 19.1 Å². The smallest absolute Gasteiger partial charge is 0.331 e. The Morgan fingerprint density at radius 3 is 1.05 bits per heavy atom. The van der Waals surface area contributed by atoms with Crippen molar-refractivity contribution in [1.82, 2.24) is 0 Å². The van der Waals surface area contributed by atoms with Crippen molar-refractivity contribution in [3.63, 3.8) is 0 Å². The summed E-state index contributed by atoms with van der Waals surface area (Å²) in [5, 5.41) is 8.47. The van der Waals surface area contributed by atoms with E-state index >= 15 is 0 Å². The number of unbranched alkanes of at least 4 members (excludes halogenated alkanes) is 30. The molecule has 0 bridgehead atoms. The number of carboxylic acid groups (broad SMARTS) is 1. The van der Waals surface area contributed by atoms with Gasteiger partial charge in [0.05, 0.1) is 6.61 Å². The third-order valence-corrected chi connectivity index (χ3v) is 8.76. The van der Waals surface area contributed by atoms with Gasteiger partial charge in [0, 0.05) is 12.2 Å². The number of hydrogen-bond donors (Lipinski definition) is 1. The zero-order valence-corrected chi connectivity index (χ0v) is 29.3. The Morgan fingerprint density at radius 1 is 0.432 bits per heavy atom. The summed E-state index contributed by atoms with van der Waals surface area (Å²) < 4.78 is 4.97. The maximum atomic E-state index is 11.3. The molecule has 0 aromatic heterocycles. The van der Waals surface area contributed by atoms with Crippen LogP contribution in [0.4, 0.5) is 0 Å².